The third-order valence-corrected chi connectivity index (χ3v) is 18.4. The molecule has 5 aromatic rings. The Labute approximate surface area is 498 Å². The Balaban J connectivity index is 0.000000126. The highest BCUT2D eigenvalue weighted by molar-refractivity contribution is 6.31. The molecule has 5 saturated heterocycles. The Bertz CT molecular complexity index is 3300. The SMILES string of the molecule is CN(C)C/C=C/C(=O)Nc1cc2c(Nc3ccc(F)c(Cl)c3)ncnc2cc1C#CC12COCC1C2.O=C1OCC2CC12CO.O=C1OCC2CC12COCc1ccccc1.O=C1OCC2CC12COCc1ccccc1.OCC12COCC1C2. The van der Waals surface area contributed by atoms with Crippen LogP contribution in [0.25, 0.3) is 10.9 Å². The first kappa shape index (κ1) is 59.9. The summed E-state index contributed by atoms with van der Waals surface area (Å²) in [5.41, 5.74) is 3.87. The fourth-order valence-corrected chi connectivity index (χ4v) is 12.0. The summed E-state index contributed by atoms with van der Waals surface area (Å²) in [6, 6.07) is 28.0. The molecular weight excluding hydrogens is 1110 g/mol. The molecule has 85 heavy (non-hydrogen) atoms. The third kappa shape index (κ3) is 13.4. The van der Waals surface area contributed by atoms with Crippen LogP contribution >= 0.6 is 11.6 Å². The van der Waals surface area contributed by atoms with Crippen molar-refractivity contribution in [3.8, 4) is 11.8 Å². The molecule has 10 aliphatic rings. The molecule has 18 nitrogen and oxygen atoms in total. The molecule has 10 unspecified atom stereocenters. The summed E-state index contributed by atoms with van der Waals surface area (Å²) in [4.78, 5) is 57.1. The number of carbonyl (C=O) groups is 4. The minimum atomic E-state index is -0.504. The maximum Gasteiger partial charge on any atom is 0.314 e. The molecule has 5 aliphatic carbocycles. The molecule has 10 fully saturated rings. The van der Waals surface area contributed by atoms with Gasteiger partial charge in [0.05, 0.1) is 129 Å². The van der Waals surface area contributed by atoms with Crippen LogP contribution in [-0.4, -0.2) is 142 Å². The zero-order chi connectivity index (χ0) is 59.4. The number of esters is 3. The lowest BCUT2D eigenvalue weighted by Crippen LogP contribution is -2.20. The molecule has 1 amide bonds. The van der Waals surface area contributed by atoms with Gasteiger partial charge in [0.1, 0.15) is 18.0 Å². The third-order valence-electron chi connectivity index (χ3n) is 18.1. The topological polar surface area (TPSA) is 226 Å². The van der Waals surface area contributed by atoms with Crippen LogP contribution in [0.5, 0.6) is 0 Å². The quantitative estimate of drug-likeness (QED) is 0.0321. The number of rotatable bonds is 16. The number of anilines is 3. The van der Waals surface area contributed by atoms with Gasteiger partial charge in [-0.15, -0.1) is 0 Å². The minimum Gasteiger partial charge on any atom is -0.465 e. The molecule has 4 N–H and O–H groups in total. The van der Waals surface area contributed by atoms with Crippen LogP contribution in [0.1, 0.15) is 48.8 Å². The second kappa shape index (κ2) is 25.2. The van der Waals surface area contributed by atoms with E-state index in [1.165, 1.54) is 31.0 Å². The van der Waals surface area contributed by atoms with Crippen molar-refractivity contribution in [2.75, 3.05) is 104 Å². The van der Waals surface area contributed by atoms with E-state index in [0.29, 0.717) is 129 Å². The zero-order valence-electron chi connectivity index (χ0n) is 47.7. The van der Waals surface area contributed by atoms with E-state index in [2.05, 4.69) is 32.4 Å². The van der Waals surface area contributed by atoms with Crippen LogP contribution < -0.4 is 10.6 Å². The first-order valence-corrected chi connectivity index (χ1v) is 29.3. The van der Waals surface area contributed by atoms with Gasteiger partial charge in [-0.2, -0.15) is 0 Å². The summed E-state index contributed by atoms with van der Waals surface area (Å²) in [5, 5.41) is 24.3. The number of aromatic nitrogens is 2. The van der Waals surface area contributed by atoms with E-state index in [1.807, 2.05) is 85.7 Å². The Morgan fingerprint density at radius 3 is 1.79 bits per heavy atom. The average Bonchev–Trinajstić information content (AvgIpc) is 1.94. The number of nitrogens with zero attached hydrogens (tertiary/aromatic N) is 3. The van der Waals surface area contributed by atoms with Crippen LogP contribution in [-0.2, 0) is 65.5 Å². The van der Waals surface area contributed by atoms with Crippen molar-refractivity contribution >= 4 is 63.5 Å². The normalized spacial score (nSPS) is 30.0. The number of amides is 1. The van der Waals surface area contributed by atoms with Crippen molar-refractivity contribution in [3.63, 3.8) is 0 Å². The highest BCUT2D eigenvalue weighted by Crippen LogP contribution is 2.60. The van der Waals surface area contributed by atoms with Gasteiger partial charge in [-0.3, -0.25) is 19.2 Å². The second-order valence-corrected chi connectivity index (χ2v) is 24.8. The van der Waals surface area contributed by atoms with Gasteiger partial charge in [0.25, 0.3) is 0 Å². The van der Waals surface area contributed by atoms with Gasteiger partial charge in [-0.05, 0) is 93.6 Å². The van der Waals surface area contributed by atoms with E-state index in [1.54, 1.807) is 18.2 Å². The molecule has 10 atom stereocenters. The van der Waals surface area contributed by atoms with Crippen LogP contribution in [0.15, 0.2) is 109 Å². The average molecular weight is 1180 g/mol. The lowest BCUT2D eigenvalue weighted by atomic mass is 10.0. The zero-order valence-corrected chi connectivity index (χ0v) is 48.5. The number of halogens is 2. The summed E-state index contributed by atoms with van der Waals surface area (Å²) in [7, 11) is 3.86. The van der Waals surface area contributed by atoms with Gasteiger partial charge in [-0.1, -0.05) is 90.2 Å². The van der Waals surface area contributed by atoms with E-state index in [0.717, 1.165) is 56.6 Å². The standard InChI is InChI=1S/C27H25ClFN5O2.2C13H14O3.C6H8O3.C6H10O2/c1-34(2)9-3-4-25(35)33-23-12-20-24(10-17(23)7-8-27-13-18(27)14-36-15-27)30-16-31-26(20)32-19-5-6-22(29)21(28)11-19;2*14-12-13(6-11(13)8-16-12)9-15-7-10-4-2-1-3-5-10;7-3-6-1-4(6)2-9-5(6)8;7-3-6-1-5(6)2-8-4-6/h3-6,10-12,16,18H,9,13-15H2,1-2H3,(H,33,35)(H,30,31,32);2*1-5,11H,6-9H2;4,7H,1-3H2;5,7H,1-4H2/b4-3+;;;;. The number of aliphatic hydroxyl groups excluding tert-OH is 2. The van der Waals surface area contributed by atoms with Crippen LogP contribution in [0.4, 0.5) is 21.6 Å². The maximum atomic E-state index is 13.6. The van der Waals surface area contributed by atoms with E-state index in [4.69, 9.17) is 55.0 Å². The molecule has 1 aromatic heterocycles. The van der Waals surface area contributed by atoms with Crippen molar-refractivity contribution in [1.82, 2.24) is 14.9 Å². The maximum absolute atomic E-state index is 13.6. The van der Waals surface area contributed by atoms with Crippen molar-refractivity contribution in [1.29, 1.82) is 0 Å². The molecule has 6 heterocycles. The molecule has 5 saturated carbocycles. The molecule has 20 heteroatoms. The fraction of sp³-hybridized carbons (Fsp3) is 0.477. The van der Waals surface area contributed by atoms with E-state index in [9.17, 15) is 23.6 Å². The first-order valence-electron chi connectivity index (χ1n) is 28.9. The minimum absolute atomic E-state index is 0.00188. The predicted molar refractivity (Wildman–Crippen MR) is 311 cm³/mol. The van der Waals surface area contributed by atoms with Crippen LogP contribution in [0.3, 0.4) is 0 Å². The highest BCUT2D eigenvalue weighted by Gasteiger charge is 2.67. The number of hydrogen-bond acceptors (Lipinski definition) is 17. The van der Waals surface area contributed by atoms with Crippen molar-refractivity contribution < 1.29 is 66.9 Å². The Morgan fingerprint density at radius 2 is 1.33 bits per heavy atom. The number of hydrogen-bond donors (Lipinski definition) is 4. The number of aliphatic hydroxyl groups is 2. The lowest BCUT2D eigenvalue weighted by Gasteiger charge is -2.12. The molecule has 15 rings (SSSR count). The van der Waals surface area contributed by atoms with Crippen molar-refractivity contribution in [2.24, 2.45) is 56.7 Å². The van der Waals surface area contributed by atoms with Gasteiger partial charge >= 0.3 is 17.9 Å². The van der Waals surface area contributed by atoms with Crippen LogP contribution in [0, 0.1) is 74.3 Å². The number of carbonyl (C=O) groups excluding carboxylic acids is 4. The molecule has 0 spiro atoms. The van der Waals surface area contributed by atoms with Crippen molar-refractivity contribution in [3.05, 3.63) is 137 Å². The molecule has 0 radical (unpaired) electrons. The van der Waals surface area contributed by atoms with Crippen LogP contribution in [0.2, 0.25) is 5.02 Å². The Morgan fingerprint density at radius 1 is 0.729 bits per heavy atom. The van der Waals surface area contributed by atoms with E-state index >= 15 is 0 Å². The number of fused-ring (bicyclic) bond motifs is 6. The summed E-state index contributed by atoms with van der Waals surface area (Å²) in [6.07, 6.45) is 9.70. The number of ether oxygens (including phenoxy) is 7. The van der Waals surface area contributed by atoms with Gasteiger partial charge in [0.15, 0.2) is 0 Å². The molecule has 5 aliphatic heterocycles. The van der Waals surface area contributed by atoms with Gasteiger partial charge in [-0.25, -0.2) is 14.4 Å². The number of cyclic esters (lactones) is 3. The smallest absolute Gasteiger partial charge is 0.314 e. The first-order chi connectivity index (χ1) is 41.1. The van der Waals surface area contributed by atoms with E-state index < -0.39 is 11.2 Å². The summed E-state index contributed by atoms with van der Waals surface area (Å²) < 4.78 is 50.3. The Hall–Kier alpha value is -6.86. The van der Waals surface area contributed by atoms with Gasteiger partial charge in [0, 0.05) is 52.8 Å². The van der Waals surface area contributed by atoms with Gasteiger partial charge < -0.3 is 58.9 Å². The molecule has 0 bridgehead atoms. The Kier molecular flexibility index (Phi) is 17.8. The summed E-state index contributed by atoms with van der Waals surface area (Å²) >= 11 is 5.94. The monoisotopic (exact) mass is 1180 g/mol. The second-order valence-electron chi connectivity index (χ2n) is 24.4. The summed E-state index contributed by atoms with van der Waals surface area (Å²) in [5.74, 6) is 8.40. The molecular formula is C65H71ClFN5O13. The van der Waals surface area contributed by atoms with Gasteiger partial charge in [0.2, 0.25) is 5.91 Å². The van der Waals surface area contributed by atoms with Crippen molar-refractivity contribution in [2.45, 2.75) is 45.3 Å². The fourth-order valence-electron chi connectivity index (χ4n) is 11.8. The molecule has 448 valence electrons. The number of benzene rings is 4. The number of likely N-dealkylation sites (N-methyl/N-ethyl adjacent to an activating group) is 1. The lowest BCUT2D eigenvalue weighted by molar-refractivity contribution is -0.147. The number of nitrogens with one attached hydrogen (secondary N) is 2. The highest BCUT2D eigenvalue weighted by atomic mass is 35.5. The van der Waals surface area contributed by atoms with E-state index in [-0.39, 0.29) is 57.1 Å². The summed E-state index contributed by atoms with van der Waals surface area (Å²) in [6.45, 7) is 7.89. The molecule has 4 aromatic carbocycles. The predicted octanol–water partition coefficient (Wildman–Crippen LogP) is 7.70. The largest absolute Gasteiger partial charge is 0.465 e.